The standard InChI is InChI=1S/C30H33N3O6/c1-32(2)24-19-12-16-10-15-11-18-14(13-33-8-3-4-9-33)6-5-7-17(18)25(34)20(15)26(35)21(16)27(36)22(19)28(37)23(29(24)38)30(31)39/h5-7,11,16,19,22,24,34-35,38H,3-4,8-10,12-13H2,1-2H3,(H2,31,39)/t16?,19-,22?,24+/m1/s1. The number of aromatic hydroxyl groups is 1. The summed E-state index contributed by atoms with van der Waals surface area (Å²) in [6.45, 7) is 2.85. The highest BCUT2D eigenvalue weighted by molar-refractivity contribution is 6.28. The molecule has 5 N–H and O–H groups in total. The second-order valence-corrected chi connectivity index (χ2v) is 11.6. The molecule has 3 aliphatic carbocycles. The van der Waals surface area contributed by atoms with Crippen molar-refractivity contribution >= 4 is 34.0 Å². The SMILES string of the molecule is CN(C)[C@@H]1C(O)=C(C(N)=O)C(=O)C2C(=O)C3=C(O)c4c(cc5c(CN6CCCC6)cccc5c4O)CC3C[C@H]21. The van der Waals surface area contributed by atoms with Crippen molar-refractivity contribution in [1.29, 1.82) is 0 Å². The summed E-state index contributed by atoms with van der Waals surface area (Å²) in [6.07, 6.45) is 3.08. The van der Waals surface area contributed by atoms with E-state index in [0.29, 0.717) is 18.2 Å². The molecule has 6 rings (SSSR count). The van der Waals surface area contributed by atoms with Crippen LogP contribution in [0.25, 0.3) is 16.5 Å². The average molecular weight is 532 g/mol. The maximum absolute atomic E-state index is 13.9. The Morgan fingerprint density at radius 1 is 1.08 bits per heavy atom. The molecule has 1 aliphatic heterocycles. The summed E-state index contributed by atoms with van der Waals surface area (Å²) in [5.41, 5.74) is 7.04. The Bertz CT molecular complexity index is 1500. The molecule has 1 saturated heterocycles. The summed E-state index contributed by atoms with van der Waals surface area (Å²) in [5.74, 6) is -5.54. The van der Waals surface area contributed by atoms with Crippen LogP contribution in [0.4, 0.5) is 0 Å². The van der Waals surface area contributed by atoms with E-state index >= 15 is 0 Å². The zero-order valence-electron chi connectivity index (χ0n) is 22.1. The number of nitrogens with two attached hydrogens (primary N) is 1. The lowest BCUT2D eigenvalue weighted by atomic mass is 9.59. The summed E-state index contributed by atoms with van der Waals surface area (Å²) in [6, 6.07) is 7.02. The van der Waals surface area contributed by atoms with Crippen molar-refractivity contribution < 1.29 is 29.7 Å². The number of amides is 1. The summed E-state index contributed by atoms with van der Waals surface area (Å²) in [4.78, 5) is 43.4. The number of rotatable bonds is 4. The average Bonchev–Trinajstić information content (AvgIpc) is 3.37. The summed E-state index contributed by atoms with van der Waals surface area (Å²) in [7, 11) is 3.42. The number of carbonyl (C=O) groups excluding carboxylic acids is 3. The number of allylic oxidation sites excluding steroid dienone is 1. The number of phenolic OH excluding ortho intramolecular Hbond substituents is 1. The first-order valence-corrected chi connectivity index (χ1v) is 13.5. The molecule has 204 valence electrons. The van der Waals surface area contributed by atoms with Gasteiger partial charge in [-0.25, -0.2) is 0 Å². The number of ketones is 2. The van der Waals surface area contributed by atoms with Crippen molar-refractivity contribution in [1.82, 2.24) is 9.80 Å². The molecule has 1 amide bonds. The molecule has 2 unspecified atom stereocenters. The zero-order chi connectivity index (χ0) is 27.7. The summed E-state index contributed by atoms with van der Waals surface area (Å²) >= 11 is 0. The van der Waals surface area contributed by atoms with Crippen molar-refractivity contribution in [2.24, 2.45) is 23.5 Å². The lowest BCUT2D eigenvalue weighted by Crippen LogP contribution is -2.55. The number of hydrogen-bond acceptors (Lipinski definition) is 8. The molecule has 0 spiro atoms. The molecule has 1 saturated carbocycles. The first-order valence-electron chi connectivity index (χ1n) is 13.5. The van der Waals surface area contributed by atoms with E-state index in [1.165, 1.54) is 12.8 Å². The normalized spacial score (nSPS) is 27.3. The minimum absolute atomic E-state index is 0.0827. The largest absolute Gasteiger partial charge is 0.510 e. The van der Waals surface area contributed by atoms with E-state index in [1.807, 2.05) is 12.1 Å². The predicted molar refractivity (Wildman–Crippen MR) is 145 cm³/mol. The number of carbonyl (C=O) groups is 3. The molecule has 2 aromatic carbocycles. The molecule has 9 heteroatoms. The topological polar surface area (TPSA) is 144 Å². The lowest BCUT2D eigenvalue weighted by Gasteiger charge is -2.46. The first kappa shape index (κ1) is 25.6. The van der Waals surface area contributed by atoms with E-state index in [-0.39, 0.29) is 22.6 Å². The Labute approximate surface area is 226 Å². The molecule has 0 bridgehead atoms. The van der Waals surface area contributed by atoms with Gasteiger partial charge in [-0.15, -0.1) is 0 Å². The van der Waals surface area contributed by atoms with Gasteiger partial charge in [-0.05, 0) is 87.3 Å². The van der Waals surface area contributed by atoms with Gasteiger partial charge in [0.1, 0.15) is 22.8 Å². The molecular weight excluding hydrogens is 498 g/mol. The van der Waals surface area contributed by atoms with Crippen LogP contribution >= 0.6 is 0 Å². The number of benzene rings is 2. The number of likely N-dealkylation sites (N-methyl/N-ethyl adjacent to an activating group) is 1. The molecule has 2 fully saturated rings. The third-order valence-electron chi connectivity index (χ3n) is 9.09. The van der Waals surface area contributed by atoms with Crippen LogP contribution < -0.4 is 5.73 Å². The number of hydrogen-bond donors (Lipinski definition) is 4. The van der Waals surface area contributed by atoms with Crippen molar-refractivity contribution in [3.63, 3.8) is 0 Å². The molecule has 0 radical (unpaired) electrons. The smallest absolute Gasteiger partial charge is 0.255 e. The summed E-state index contributed by atoms with van der Waals surface area (Å²) < 4.78 is 0. The van der Waals surface area contributed by atoms with Crippen LogP contribution in [0.1, 0.15) is 36.0 Å². The Morgan fingerprint density at radius 2 is 1.79 bits per heavy atom. The van der Waals surface area contributed by atoms with E-state index in [9.17, 15) is 29.7 Å². The summed E-state index contributed by atoms with van der Waals surface area (Å²) in [5, 5.41) is 35.2. The van der Waals surface area contributed by atoms with Gasteiger partial charge in [0.15, 0.2) is 11.6 Å². The van der Waals surface area contributed by atoms with Gasteiger partial charge in [0.25, 0.3) is 5.91 Å². The number of likely N-dealkylation sites (tertiary alicyclic amines) is 1. The quantitative estimate of drug-likeness (QED) is 0.348. The van der Waals surface area contributed by atoms with Gasteiger partial charge in [-0.1, -0.05) is 18.2 Å². The van der Waals surface area contributed by atoms with Gasteiger partial charge >= 0.3 is 0 Å². The van der Waals surface area contributed by atoms with Gasteiger partial charge in [0.05, 0.1) is 17.5 Å². The van der Waals surface area contributed by atoms with Crippen molar-refractivity contribution in [3.8, 4) is 5.75 Å². The number of phenols is 1. The molecular formula is C30H33N3O6. The monoisotopic (exact) mass is 531 g/mol. The van der Waals surface area contributed by atoms with Crippen molar-refractivity contribution in [3.05, 3.63) is 57.9 Å². The van der Waals surface area contributed by atoms with E-state index in [4.69, 9.17) is 5.73 Å². The number of aliphatic hydroxyl groups excluding tert-OH is 2. The highest BCUT2D eigenvalue weighted by Gasteiger charge is 2.55. The van der Waals surface area contributed by atoms with Gasteiger partial charge in [0.2, 0.25) is 0 Å². The number of primary amides is 1. The fraction of sp³-hybridized carbons (Fsp3) is 0.433. The van der Waals surface area contributed by atoms with Gasteiger partial charge in [0, 0.05) is 17.5 Å². The van der Waals surface area contributed by atoms with Crippen LogP contribution in [0, 0.1) is 17.8 Å². The van der Waals surface area contributed by atoms with Gasteiger partial charge in [-0.2, -0.15) is 0 Å². The molecule has 1 heterocycles. The fourth-order valence-electron chi connectivity index (χ4n) is 7.44. The van der Waals surface area contributed by atoms with Crippen LogP contribution in [0.2, 0.25) is 0 Å². The molecule has 9 nitrogen and oxygen atoms in total. The second-order valence-electron chi connectivity index (χ2n) is 11.6. The molecule has 4 aliphatic rings. The van der Waals surface area contributed by atoms with E-state index in [0.717, 1.165) is 36.1 Å². The van der Waals surface area contributed by atoms with Crippen LogP contribution in [-0.4, -0.2) is 75.8 Å². The van der Waals surface area contributed by atoms with Crippen LogP contribution in [0.5, 0.6) is 5.75 Å². The van der Waals surface area contributed by atoms with Crippen molar-refractivity contribution in [2.75, 3.05) is 27.2 Å². The number of aliphatic hydroxyl groups is 2. The third-order valence-corrected chi connectivity index (χ3v) is 9.09. The highest BCUT2D eigenvalue weighted by atomic mass is 16.3. The van der Waals surface area contributed by atoms with Crippen molar-refractivity contribution in [2.45, 2.75) is 38.3 Å². The zero-order valence-corrected chi connectivity index (χ0v) is 22.1. The van der Waals surface area contributed by atoms with Gasteiger partial charge in [-0.3, -0.25) is 24.2 Å². The molecule has 4 atom stereocenters. The minimum atomic E-state index is -1.25. The first-order chi connectivity index (χ1) is 18.6. The molecule has 39 heavy (non-hydrogen) atoms. The van der Waals surface area contributed by atoms with Crippen LogP contribution in [-0.2, 0) is 27.3 Å². The van der Waals surface area contributed by atoms with E-state index in [1.54, 1.807) is 25.1 Å². The third kappa shape index (κ3) is 3.78. The lowest BCUT2D eigenvalue weighted by molar-refractivity contribution is -0.136. The molecule has 0 aromatic heterocycles. The second kappa shape index (κ2) is 9.20. The van der Waals surface area contributed by atoms with Gasteiger partial charge < -0.3 is 21.1 Å². The number of nitrogens with zero attached hydrogens (tertiary/aromatic N) is 2. The maximum atomic E-state index is 13.9. The maximum Gasteiger partial charge on any atom is 0.255 e. The number of fused-ring (bicyclic) bond motifs is 4. The molecule has 2 aromatic rings. The fourth-order valence-corrected chi connectivity index (χ4v) is 7.44. The van der Waals surface area contributed by atoms with E-state index in [2.05, 4.69) is 11.0 Å². The van der Waals surface area contributed by atoms with E-state index < -0.39 is 52.6 Å². The minimum Gasteiger partial charge on any atom is -0.510 e. The Kier molecular flexibility index (Phi) is 6.04. The Hall–Kier alpha value is -3.69. The number of Topliss-reactive ketones (excluding diaryl/α,β-unsaturated/α-hetero) is 2. The Balaban J connectivity index is 1.47. The predicted octanol–water partition coefficient (Wildman–Crippen LogP) is 2.60. The Morgan fingerprint density at radius 3 is 2.46 bits per heavy atom. The highest BCUT2D eigenvalue weighted by Crippen LogP contribution is 2.51. The van der Waals surface area contributed by atoms with Crippen LogP contribution in [0.3, 0.4) is 0 Å². The van der Waals surface area contributed by atoms with Crippen LogP contribution in [0.15, 0.2) is 41.2 Å².